The quantitative estimate of drug-likeness (QED) is 0.749. The van der Waals surface area contributed by atoms with Gasteiger partial charge in [-0.3, -0.25) is 4.79 Å². The highest BCUT2D eigenvalue weighted by molar-refractivity contribution is 5.75. The van der Waals surface area contributed by atoms with E-state index in [1.54, 1.807) is 6.92 Å². The number of amides is 1. The first-order chi connectivity index (χ1) is 12.7. The van der Waals surface area contributed by atoms with Crippen molar-refractivity contribution in [2.24, 2.45) is 0 Å². The Labute approximate surface area is 150 Å². The van der Waals surface area contributed by atoms with Gasteiger partial charge in [-0.2, -0.15) is 0 Å². The molecule has 1 fully saturated rings. The van der Waals surface area contributed by atoms with Crippen LogP contribution in [0.25, 0.3) is 11.3 Å². The zero-order valence-electron chi connectivity index (χ0n) is 14.4. The molecule has 4 rings (SSSR count). The summed E-state index contributed by atoms with van der Waals surface area (Å²) >= 11 is 0. The van der Waals surface area contributed by atoms with Crippen LogP contribution in [-0.2, 0) is 11.3 Å². The molecule has 2 aromatic heterocycles. The second-order valence-corrected chi connectivity index (χ2v) is 6.14. The van der Waals surface area contributed by atoms with Crippen LogP contribution in [0.4, 0.5) is 11.6 Å². The Morgan fingerprint density at radius 2 is 1.77 bits per heavy atom. The van der Waals surface area contributed by atoms with E-state index in [-0.39, 0.29) is 5.91 Å². The molecule has 1 N–H and O–H groups in total. The molecule has 26 heavy (non-hydrogen) atoms. The number of fused-ring (bicyclic) bond motifs is 1. The number of piperazine rings is 1. The van der Waals surface area contributed by atoms with Gasteiger partial charge in [0.2, 0.25) is 17.2 Å². The number of carbonyl (C=O) groups is 1. The predicted molar refractivity (Wildman–Crippen MR) is 95.6 cm³/mol. The molecule has 3 aromatic rings. The van der Waals surface area contributed by atoms with Gasteiger partial charge in [-0.15, -0.1) is 0 Å². The number of nitrogens with one attached hydrogen (secondary N) is 1. The summed E-state index contributed by atoms with van der Waals surface area (Å²) in [6, 6.07) is 10.1. The first kappa shape index (κ1) is 16.2. The normalized spacial score (nSPS) is 14.7. The molecule has 1 amide bonds. The lowest BCUT2D eigenvalue weighted by atomic mass is 10.2. The SMILES string of the molecule is CC(=O)N1CCN(c2nc3nonc3nc2NCc2ccccc2)CC1. The standard InChI is InChI=1S/C17H19N7O2/c1-12(25)23-7-9-24(10-8-23)17-16(18-11-13-5-3-2-4-6-13)19-14-15(20-17)22-26-21-14/h2-6H,7-11H2,1H3,(H,18,19,21). The molecule has 0 aliphatic carbocycles. The Balaban J connectivity index is 1.59. The summed E-state index contributed by atoms with van der Waals surface area (Å²) in [6.07, 6.45) is 0. The number of rotatable bonds is 4. The van der Waals surface area contributed by atoms with Gasteiger partial charge < -0.3 is 15.1 Å². The lowest BCUT2D eigenvalue weighted by molar-refractivity contribution is -0.129. The molecule has 0 atom stereocenters. The van der Waals surface area contributed by atoms with Gasteiger partial charge in [0.25, 0.3) is 0 Å². The lowest BCUT2D eigenvalue weighted by Gasteiger charge is -2.35. The molecular formula is C17H19N7O2. The van der Waals surface area contributed by atoms with E-state index in [4.69, 9.17) is 4.63 Å². The summed E-state index contributed by atoms with van der Waals surface area (Å²) in [5, 5.41) is 10.9. The van der Waals surface area contributed by atoms with E-state index in [9.17, 15) is 4.79 Å². The van der Waals surface area contributed by atoms with Crippen LogP contribution >= 0.6 is 0 Å². The second-order valence-electron chi connectivity index (χ2n) is 6.14. The maximum absolute atomic E-state index is 11.5. The molecule has 1 aromatic carbocycles. The molecule has 0 spiro atoms. The van der Waals surface area contributed by atoms with Crippen molar-refractivity contribution in [2.75, 3.05) is 36.4 Å². The Morgan fingerprint density at radius 3 is 2.46 bits per heavy atom. The highest BCUT2D eigenvalue weighted by Gasteiger charge is 2.23. The van der Waals surface area contributed by atoms with Crippen molar-refractivity contribution >= 4 is 28.8 Å². The van der Waals surface area contributed by atoms with Crippen LogP contribution in [0.15, 0.2) is 35.0 Å². The third kappa shape index (κ3) is 3.28. The molecular weight excluding hydrogens is 334 g/mol. The first-order valence-electron chi connectivity index (χ1n) is 8.49. The van der Waals surface area contributed by atoms with Gasteiger partial charge in [0.15, 0.2) is 11.6 Å². The largest absolute Gasteiger partial charge is 0.363 e. The molecule has 0 bridgehead atoms. The highest BCUT2D eigenvalue weighted by Crippen LogP contribution is 2.25. The van der Waals surface area contributed by atoms with Crippen molar-refractivity contribution in [1.82, 2.24) is 25.2 Å². The number of hydrogen-bond acceptors (Lipinski definition) is 8. The first-order valence-corrected chi connectivity index (χ1v) is 8.49. The van der Waals surface area contributed by atoms with E-state index in [1.807, 2.05) is 35.2 Å². The molecule has 9 nitrogen and oxygen atoms in total. The maximum Gasteiger partial charge on any atom is 0.245 e. The van der Waals surface area contributed by atoms with E-state index < -0.39 is 0 Å². The van der Waals surface area contributed by atoms with Crippen LogP contribution in [0.2, 0.25) is 0 Å². The number of aromatic nitrogens is 4. The van der Waals surface area contributed by atoms with E-state index >= 15 is 0 Å². The molecule has 9 heteroatoms. The van der Waals surface area contributed by atoms with Gasteiger partial charge in [0.05, 0.1) is 0 Å². The van der Waals surface area contributed by atoms with Gasteiger partial charge in [-0.25, -0.2) is 14.6 Å². The van der Waals surface area contributed by atoms with Gasteiger partial charge in [0, 0.05) is 39.6 Å². The van der Waals surface area contributed by atoms with Crippen molar-refractivity contribution in [1.29, 1.82) is 0 Å². The zero-order valence-corrected chi connectivity index (χ0v) is 14.4. The number of hydrogen-bond donors (Lipinski definition) is 1. The summed E-state index contributed by atoms with van der Waals surface area (Å²) in [7, 11) is 0. The number of benzene rings is 1. The molecule has 1 aliphatic rings. The number of carbonyl (C=O) groups excluding carboxylic acids is 1. The van der Waals surface area contributed by atoms with Crippen LogP contribution in [0.5, 0.6) is 0 Å². The average molecular weight is 353 g/mol. The second kappa shape index (κ2) is 6.95. The molecule has 1 aliphatic heterocycles. The van der Waals surface area contributed by atoms with Crippen LogP contribution in [0, 0.1) is 0 Å². The Hall–Kier alpha value is -3.23. The highest BCUT2D eigenvalue weighted by atomic mass is 16.6. The summed E-state index contributed by atoms with van der Waals surface area (Å²) < 4.78 is 4.75. The molecule has 1 saturated heterocycles. The Kier molecular flexibility index (Phi) is 4.34. The van der Waals surface area contributed by atoms with Gasteiger partial charge in [-0.1, -0.05) is 30.3 Å². The van der Waals surface area contributed by atoms with E-state index in [0.29, 0.717) is 55.7 Å². The third-order valence-corrected chi connectivity index (χ3v) is 4.42. The fourth-order valence-corrected chi connectivity index (χ4v) is 2.98. The zero-order chi connectivity index (χ0) is 17.9. The average Bonchev–Trinajstić information content (AvgIpc) is 3.14. The van der Waals surface area contributed by atoms with Crippen LogP contribution in [-0.4, -0.2) is 57.3 Å². The van der Waals surface area contributed by atoms with Crippen molar-refractivity contribution in [2.45, 2.75) is 13.5 Å². The van der Waals surface area contributed by atoms with Crippen LogP contribution < -0.4 is 10.2 Å². The van der Waals surface area contributed by atoms with Crippen LogP contribution in [0.1, 0.15) is 12.5 Å². The van der Waals surface area contributed by atoms with E-state index in [2.05, 4.69) is 30.5 Å². The third-order valence-electron chi connectivity index (χ3n) is 4.42. The van der Waals surface area contributed by atoms with Gasteiger partial charge in [0.1, 0.15) is 0 Å². The topological polar surface area (TPSA) is 100 Å². The molecule has 0 saturated carbocycles. The van der Waals surface area contributed by atoms with Crippen molar-refractivity contribution in [3.63, 3.8) is 0 Å². The minimum atomic E-state index is 0.0920. The van der Waals surface area contributed by atoms with Crippen molar-refractivity contribution in [3.8, 4) is 0 Å². The smallest absolute Gasteiger partial charge is 0.245 e. The summed E-state index contributed by atoms with van der Waals surface area (Å²) in [6.45, 7) is 4.90. The minimum absolute atomic E-state index is 0.0920. The Bertz CT molecular complexity index is 904. The van der Waals surface area contributed by atoms with E-state index in [1.165, 1.54) is 0 Å². The molecule has 134 valence electrons. The summed E-state index contributed by atoms with van der Waals surface area (Å²) in [4.78, 5) is 24.6. The van der Waals surface area contributed by atoms with E-state index in [0.717, 1.165) is 5.56 Å². The summed E-state index contributed by atoms with van der Waals surface area (Å²) in [5.41, 5.74) is 1.88. The fourth-order valence-electron chi connectivity index (χ4n) is 2.98. The maximum atomic E-state index is 11.5. The predicted octanol–water partition coefficient (Wildman–Crippen LogP) is 1.29. The van der Waals surface area contributed by atoms with Crippen LogP contribution in [0.3, 0.4) is 0 Å². The monoisotopic (exact) mass is 353 g/mol. The van der Waals surface area contributed by atoms with Gasteiger partial charge in [-0.05, 0) is 15.9 Å². The molecule has 3 heterocycles. The van der Waals surface area contributed by atoms with Crippen molar-refractivity contribution < 1.29 is 9.42 Å². The minimum Gasteiger partial charge on any atom is -0.363 e. The molecule has 0 radical (unpaired) electrons. The fraction of sp³-hybridized carbons (Fsp3) is 0.353. The number of nitrogens with zero attached hydrogens (tertiary/aromatic N) is 6. The summed E-state index contributed by atoms with van der Waals surface area (Å²) in [5.74, 6) is 1.43. The lowest BCUT2D eigenvalue weighted by Crippen LogP contribution is -2.48. The van der Waals surface area contributed by atoms with Crippen molar-refractivity contribution in [3.05, 3.63) is 35.9 Å². The number of anilines is 2. The molecule has 0 unspecified atom stereocenters. The van der Waals surface area contributed by atoms with Gasteiger partial charge >= 0.3 is 0 Å². The Morgan fingerprint density at radius 1 is 1.08 bits per heavy atom.